The highest BCUT2D eigenvalue weighted by Crippen LogP contribution is 2.34. The van der Waals surface area contributed by atoms with E-state index >= 15 is 0 Å². The number of aryl methyl sites for hydroxylation is 1. The normalized spacial score (nSPS) is 13.8. The number of hydrogen-bond acceptors (Lipinski definition) is 2. The van der Waals surface area contributed by atoms with Gasteiger partial charge < -0.3 is 4.90 Å². The average molecular weight is 313 g/mol. The molecule has 0 N–H and O–H groups in total. The van der Waals surface area contributed by atoms with Crippen LogP contribution in [0.2, 0.25) is 0 Å². The predicted molar refractivity (Wildman–Crippen MR) is 80.6 cm³/mol. The lowest BCUT2D eigenvalue weighted by molar-refractivity contribution is 0.766. The summed E-state index contributed by atoms with van der Waals surface area (Å²) < 4.78 is 0.949. The first-order valence-electron chi connectivity index (χ1n) is 6.34. The van der Waals surface area contributed by atoms with Crippen molar-refractivity contribution in [1.29, 1.82) is 5.26 Å². The number of fused-ring (bicyclic) bond motifs is 1. The second-order valence-corrected chi connectivity index (χ2v) is 5.61. The fraction of sp³-hybridized carbons (Fsp3) is 0.188. The maximum absolute atomic E-state index is 9.09. The number of para-hydroxylation sites is 1. The van der Waals surface area contributed by atoms with E-state index < -0.39 is 0 Å². The number of nitrogens with zero attached hydrogens (tertiary/aromatic N) is 2. The first kappa shape index (κ1) is 12.3. The fourth-order valence-corrected chi connectivity index (χ4v) is 3.08. The van der Waals surface area contributed by atoms with Gasteiger partial charge in [0.2, 0.25) is 0 Å². The van der Waals surface area contributed by atoms with Crippen LogP contribution in [0.3, 0.4) is 0 Å². The molecule has 2 aromatic rings. The molecule has 0 unspecified atom stereocenters. The van der Waals surface area contributed by atoms with Crippen LogP contribution in [0.1, 0.15) is 17.5 Å². The summed E-state index contributed by atoms with van der Waals surface area (Å²) in [5.74, 6) is 0. The van der Waals surface area contributed by atoms with Crippen molar-refractivity contribution in [2.45, 2.75) is 12.8 Å². The van der Waals surface area contributed by atoms with E-state index in [0.29, 0.717) is 5.56 Å². The summed E-state index contributed by atoms with van der Waals surface area (Å²) in [4.78, 5) is 2.30. The van der Waals surface area contributed by atoms with E-state index in [1.54, 1.807) is 0 Å². The average Bonchev–Trinajstić information content (AvgIpc) is 2.46. The molecule has 2 nitrogen and oxygen atoms in total. The molecule has 0 fully saturated rings. The van der Waals surface area contributed by atoms with Crippen LogP contribution in [-0.4, -0.2) is 6.54 Å². The predicted octanol–water partition coefficient (Wildman–Crippen LogP) is 4.41. The highest BCUT2D eigenvalue weighted by Gasteiger charge is 2.18. The molecule has 2 aromatic carbocycles. The van der Waals surface area contributed by atoms with Crippen LogP contribution in [0.25, 0.3) is 0 Å². The molecule has 1 heterocycles. The number of benzene rings is 2. The van der Waals surface area contributed by atoms with Gasteiger partial charge in [0, 0.05) is 22.4 Å². The lowest BCUT2D eigenvalue weighted by atomic mass is 10.0. The third-order valence-electron chi connectivity index (χ3n) is 3.43. The number of anilines is 2. The highest BCUT2D eigenvalue weighted by molar-refractivity contribution is 9.10. The van der Waals surface area contributed by atoms with Crippen molar-refractivity contribution >= 4 is 27.3 Å². The Balaban J connectivity index is 2.09. The number of nitriles is 1. The van der Waals surface area contributed by atoms with Gasteiger partial charge >= 0.3 is 0 Å². The molecule has 0 aliphatic carbocycles. The summed E-state index contributed by atoms with van der Waals surface area (Å²) in [6.45, 7) is 0.998. The van der Waals surface area contributed by atoms with Gasteiger partial charge in [-0.15, -0.1) is 0 Å². The zero-order valence-electron chi connectivity index (χ0n) is 10.4. The number of rotatable bonds is 1. The first-order chi connectivity index (χ1) is 9.28. The fourth-order valence-electron chi connectivity index (χ4n) is 2.60. The van der Waals surface area contributed by atoms with Gasteiger partial charge in [-0.05, 0) is 42.7 Å². The minimum Gasteiger partial charge on any atom is -0.341 e. The van der Waals surface area contributed by atoms with E-state index in [1.807, 2.05) is 12.1 Å². The molecule has 0 radical (unpaired) electrons. The van der Waals surface area contributed by atoms with Crippen LogP contribution in [0.4, 0.5) is 11.4 Å². The lowest BCUT2D eigenvalue weighted by Gasteiger charge is -2.31. The summed E-state index contributed by atoms with van der Waals surface area (Å²) in [7, 11) is 0. The van der Waals surface area contributed by atoms with Crippen LogP contribution in [0.15, 0.2) is 46.9 Å². The third-order valence-corrected chi connectivity index (χ3v) is 3.89. The van der Waals surface area contributed by atoms with Gasteiger partial charge in [-0.25, -0.2) is 0 Å². The van der Waals surface area contributed by atoms with Gasteiger partial charge in [-0.3, -0.25) is 0 Å². The zero-order chi connectivity index (χ0) is 13.2. The van der Waals surface area contributed by atoms with Gasteiger partial charge in [0.15, 0.2) is 0 Å². The Labute approximate surface area is 121 Å². The largest absolute Gasteiger partial charge is 0.341 e. The van der Waals surface area contributed by atoms with E-state index in [0.717, 1.165) is 29.5 Å². The van der Waals surface area contributed by atoms with Gasteiger partial charge in [0.25, 0.3) is 0 Å². The molecule has 0 amide bonds. The van der Waals surface area contributed by atoms with E-state index in [2.05, 4.69) is 57.2 Å². The van der Waals surface area contributed by atoms with Gasteiger partial charge in [-0.2, -0.15) is 5.26 Å². The topological polar surface area (TPSA) is 27.0 Å². The van der Waals surface area contributed by atoms with Crippen molar-refractivity contribution in [3.63, 3.8) is 0 Å². The molecule has 0 saturated heterocycles. The van der Waals surface area contributed by atoms with Crippen LogP contribution in [0, 0.1) is 11.3 Å². The van der Waals surface area contributed by atoms with Crippen LogP contribution in [-0.2, 0) is 6.42 Å². The van der Waals surface area contributed by atoms with E-state index in [9.17, 15) is 0 Å². The van der Waals surface area contributed by atoms with Crippen molar-refractivity contribution in [3.05, 3.63) is 58.1 Å². The molecule has 3 heteroatoms. The quantitative estimate of drug-likeness (QED) is 0.780. The summed E-state index contributed by atoms with van der Waals surface area (Å²) >= 11 is 3.48. The second kappa shape index (κ2) is 5.07. The summed E-state index contributed by atoms with van der Waals surface area (Å²) in [6, 6.07) is 16.6. The minimum absolute atomic E-state index is 0.687. The molecule has 0 saturated carbocycles. The smallest absolute Gasteiger partial charge is 0.0992 e. The second-order valence-electron chi connectivity index (χ2n) is 4.69. The van der Waals surface area contributed by atoms with E-state index in [4.69, 9.17) is 5.26 Å². The maximum atomic E-state index is 9.09. The lowest BCUT2D eigenvalue weighted by Crippen LogP contribution is -2.24. The Hall–Kier alpha value is -1.79. The van der Waals surface area contributed by atoms with Crippen molar-refractivity contribution < 1.29 is 0 Å². The summed E-state index contributed by atoms with van der Waals surface area (Å²) in [6.07, 6.45) is 2.27. The van der Waals surface area contributed by atoms with E-state index in [1.165, 1.54) is 11.3 Å². The van der Waals surface area contributed by atoms with Gasteiger partial charge in [0.1, 0.15) is 0 Å². The van der Waals surface area contributed by atoms with Crippen molar-refractivity contribution in [2.75, 3.05) is 11.4 Å². The molecule has 1 aliphatic rings. The monoisotopic (exact) mass is 312 g/mol. The van der Waals surface area contributed by atoms with Gasteiger partial charge in [-0.1, -0.05) is 34.1 Å². The minimum atomic E-state index is 0.687. The summed E-state index contributed by atoms with van der Waals surface area (Å²) in [5, 5.41) is 9.09. The SMILES string of the molecule is N#Cc1cc(Br)cc(N2CCCc3ccccc32)c1. The molecule has 19 heavy (non-hydrogen) atoms. The Kier molecular flexibility index (Phi) is 3.27. The maximum Gasteiger partial charge on any atom is 0.0992 e. The zero-order valence-corrected chi connectivity index (χ0v) is 12.0. The molecule has 94 valence electrons. The molecule has 0 spiro atoms. The molecule has 0 aromatic heterocycles. The summed E-state index contributed by atoms with van der Waals surface area (Å²) in [5.41, 5.74) is 4.41. The first-order valence-corrected chi connectivity index (χ1v) is 7.13. The van der Waals surface area contributed by atoms with Crippen LogP contribution in [0.5, 0.6) is 0 Å². The molecular formula is C16H13BrN2. The van der Waals surface area contributed by atoms with Crippen molar-refractivity contribution in [1.82, 2.24) is 0 Å². The van der Waals surface area contributed by atoms with E-state index in [-0.39, 0.29) is 0 Å². The van der Waals surface area contributed by atoms with Gasteiger partial charge in [0.05, 0.1) is 11.6 Å². The third kappa shape index (κ3) is 2.36. The molecule has 0 atom stereocenters. The van der Waals surface area contributed by atoms with Crippen LogP contribution >= 0.6 is 15.9 Å². The molecular weight excluding hydrogens is 300 g/mol. The Bertz CT molecular complexity index is 658. The molecule has 0 bridgehead atoms. The van der Waals surface area contributed by atoms with Crippen LogP contribution < -0.4 is 4.90 Å². The van der Waals surface area contributed by atoms with Crippen molar-refractivity contribution in [3.8, 4) is 6.07 Å². The standard InChI is InChI=1S/C16H13BrN2/c17-14-8-12(11-18)9-15(10-14)19-7-3-5-13-4-1-2-6-16(13)19/h1-2,4,6,8-10H,3,5,7H2. The highest BCUT2D eigenvalue weighted by atomic mass is 79.9. The van der Waals surface area contributed by atoms with Crippen molar-refractivity contribution in [2.24, 2.45) is 0 Å². The Morgan fingerprint density at radius 3 is 2.84 bits per heavy atom. The Morgan fingerprint density at radius 2 is 2.00 bits per heavy atom. The molecule has 3 rings (SSSR count). The number of halogens is 1. The Morgan fingerprint density at radius 1 is 1.16 bits per heavy atom. The number of hydrogen-bond donors (Lipinski definition) is 0. The molecule has 1 aliphatic heterocycles.